The van der Waals surface area contributed by atoms with E-state index < -0.39 is 17.8 Å². The Labute approximate surface area is 200 Å². The highest BCUT2D eigenvalue weighted by Gasteiger charge is 2.20. The number of benzene rings is 2. The Bertz CT molecular complexity index is 1510. The average molecular weight is 474 g/mol. The van der Waals surface area contributed by atoms with E-state index in [9.17, 15) is 19.1 Å². The van der Waals surface area contributed by atoms with Crippen LogP contribution in [0.25, 0.3) is 16.5 Å². The molecule has 0 fully saturated rings. The summed E-state index contributed by atoms with van der Waals surface area (Å²) in [5, 5.41) is 24.0. The predicted octanol–water partition coefficient (Wildman–Crippen LogP) is 5.19. The molecule has 0 amide bonds. The fraction of sp³-hybridized carbons (Fsp3) is 0.148. The fourth-order valence-corrected chi connectivity index (χ4v) is 4.02. The number of allylic oxidation sites excluding steroid dienone is 5. The lowest BCUT2D eigenvalue weighted by Gasteiger charge is -2.20. The Kier molecular flexibility index (Phi) is 6.38. The number of carboxylic acids is 1. The highest BCUT2D eigenvalue weighted by Crippen LogP contribution is 2.31. The van der Waals surface area contributed by atoms with Gasteiger partial charge in [-0.1, -0.05) is 6.07 Å². The van der Waals surface area contributed by atoms with Crippen LogP contribution in [-0.4, -0.2) is 23.8 Å². The SMILES string of the molecule is CN/C=C1/C=C(c2cc(=O)c3cc(C)cc(C(C)Nc4ccc(F)cc4C(=O)O)c3o2)C=CC1=N. The van der Waals surface area contributed by atoms with Crippen LogP contribution in [-0.2, 0) is 0 Å². The van der Waals surface area contributed by atoms with E-state index in [4.69, 9.17) is 9.83 Å². The van der Waals surface area contributed by atoms with Crippen LogP contribution in [0.1, 0.15) is 40.2 Å². The molecule has 1 heterocycles. The van der Waals surface area contributed by atoms with Crippen LogP contribution in [0, 0.1) is 18.2 Å². The van der Waals surface area contributed by atoms with Crippen molar-refractivity contribution in [3.05, 3.63) is 105 Å². The zero-order valence-corrected chi connectivity index (χ0v) is 19.4. The second-order valence-electron chi connectivity index (χ2n) is 8.30. The Morgan fingerprint density at radius 1 is 1.20 bits per heavy atom. The van der Waals surface area contributed by atoms with Crippen molar-refractivity contribution in [1.29, 1.82) is 5.41 Å². The first-order valence-electron chi connectivity index (χ1n) is 10.9. The van der Waals surface area contributed by atoms with Gasteiger partial charge in [-0.2, -0.15) is 0 Å². The number of carboxylic acid groups (broad SMARTS) is 1. The molecule has 1 atom stereocenters. The molecule has 4 N–H and O–H groups in total. The van der Waals surface area contributed by atoms with E-state index in [0.29, 0.717) is 39.2 Å². The molecule has 0 radical (unpaired) electrons. The third kappa shape index (κ3) is 4.77. The quantitative estimate of drug-likeness (QED) is 0.392. The summed E-state index contributed by atoms with van der Waals surface area (Å²) in [4.78, 5) is 24.7. The molecule has 35 heavy (non-hydrogen) atoms. The van der Waals surface area contributed by atoms with Gasteiger partial charge in [0.2, 0.25) is 0 Å². The van der Waals surface area contributed by atoms with Gasteiger partial charge in [-0.3, -0.25) is 4.79 Å². The third-order valence-electron chi connectivity index (χ3n) is 5.69. The topological polar surface area (TPSA) is 115 Å². The molecule has 7 nitrogen and oxygen atoms in total. The lowest BCUT2D eigenvalue weighted by atomic mass is 9.97. The van der Waals surface area contributed by atoms with Crippen molar-refractivity contribution in [3.63, 3.8) is 0 Å². The Hall–Kier alpha value is -4.46. The fourth-order valence-electron chi connectivity index (χ4n) is 4.02. The first-order chi connectivity index (χ1) is 16.7. The number of halogens is 1. The molecule has 1 unspecified atom stereocenters. The van der Waals surface area contributed by atoms with Crippen molar-refractivity contribution in [2.45, 2.75) is 19.9 Å². The maximum atomic E-state index is 13.6. The first-order valence-corrected chi connectivity index (χ1v) is 10.9. The van der Waals surface area contributed by atoms with Gasteiger partial charge < -0.3 is 25.6 Å². The van der Waals surface area contributed by atoms with Crippen LogP contribution >= 0.6 is 0 Å². The van der Waals surface area contributed by atoms with Gasteiger partial charge in [0.15, 0.2) is 5.43 Å². The highest BCUT2D eigenvalue weighted by atomic mass is 19.1. The summed E-state index contributed by atoms with van der Waals surface area (Å²) in [7, 11) is 1.74. The summed E-state index contributed by atoms with van der Waals surface area (Å²) >= 11 is 0. The summed E-state index contributed by atoms with van der Waals surface area (Å²) in [6.07, 6.45) is 6.79. The van der Waals surface area contributed by atoms with E-state index in [1.807, 2.05) is 19.9 Å². The standard InChI is InChI=1S/C27H24FN3O4/c1-14-8-19(15(2)31-23-7-5-18(28)11-20(23)27(33)34)26-21(9-14)24(32)12-25(35-26)16-4-6-22(29)17(10-16)13-30-3/h4-13,15,29-31H,1-3H3,(H,33,34)/b17-13-,29-22?. The summed E-state index contributed by atoms with van der Waals surface area (Å²) in [6, 6.07) is 8.08. The number of aromatic carboxylic acids is 1. The summed E-state index contributed by atoms with van der Waals surface area (Å²) in [6.45, 7) is 3.67. The molecular weight excluding hydrogens is 449 g/mol. The molecule has 0 bridgehead atoms. The van der Waals surface area contributed by atoms with Crippen LogP contribution in [0.5, 0.6) is 0 Å². The van der Waals surface area contributed by atoms with Crippen molar-refractivity contribution in [2.24, 2.45) is 0 Å². The predicted molar refractivity (Wildman–Crippen MR) is 135 cm³/mol. The number of nitrogens with one attached hydrogen (secondary N) is 3. The number of hydrogen-bond donors (Lipinski definition) is 4. The van der Waals surface area contributed by atoms with E-state index in [1.54, 1.807) is 37.5 Å². The lowest BCUT2D eigenvalue weighted by molar-refractivity contribution is 0.0697. The minimum Gasteiger partial charge on any atom is -0.478 e. The van der Waals surface area contributed by atoms with Gasteiger partial charge in [0.1, 0.15) is 17.2 Å². The molecule has 0 saturated heterocycles. The maximum absolute atomic E-state index is 13.6. The van der Waals surface area contributed by atoms with E-state index in [0.717, 1.165) is 11.6 Å². The second kappa shape index (κ2) is 9.42. The highest BCUT2D eigenvalue weighted by molar-refractivity contribution is 6.12. The van der Waals surface area contributed by atoms with Gasteiger partial charge in [-0.25, -0.2) is 9.18 Å². The van der Waals surface area contributed by atoms with Gasteiger partial charge in [0.25, 0.3) is 0 Å². The number of carbonyl (C=O) groups is 1. The summed E-state index contributed by atoms with van der Waals surface area (Å²) in [5.41, 5.74) is 3.30. The molecule has 0 aliphatic heterocycles. The Morgan fingerprint density at radius 3 is 2.69 bits per heavy atom. The molecule has 178 valence electrons. The molecule has 3 aromatic rings. The normalized spacial score (nSPS) is 15.3. The molecule has 0 spiro atoms. The molecule has 1 aliphatic rings. The summed E-state index contributed by atoms with van der Waals surface area (Å²) < 4.78 is 19.9. The van der Waals surface area contributed by atoms with E-state index in [-0.39, 0.29) is 16.7 Å². The van der Waals surface area contributed by atoms with Crippen molar-refractivity contribution in [3.8, 4) is 0 Å². The zero-order chi connectivity index (χ0) is 25.3. The lowest BCUT2D eigenvalue weighted by Crippen LogP contribution is -2.13. The van der Waals surface area contributed by atoms with Crippen LogP contribution in [0.15, 0.2) is 75.6 Å². The first kappa shape index (κ1) is 23.7. The van der Waals surface area contributed by atoms with Crippen LogP contribution in [0.3, 0.4) is 0 Å². The zero-order valence-electron chi connectivity index (χ0n) is 19.4. The van der Waals surface area contributed by atoms with Crippen LogP contribution in [0.4, 0.5) is 10.1 Å². The van der Waals surface area contributed by atoms with Gasteiger partial charge in [0, 0.05) is 41.7 Å². The Morgan fingerprint density at radius 2 is 1.97 bits per heavy atom. The van der Waals surface area contributed by atoms with Gasteiger partial charge in [-0.05, 0) is 61.9 Å². The Balaban J connectivity index is 1.83. The van der Waals surface area contributed by atoms with E-state index in [1.165, 1.54) is 18.2 Å². The van der Waals surface area contributed by atoms with E-state index in [2.05, 4.69) is 10.6 Å². The summed E-state index contributed by atoms with van der Waals surface area (Å²) in [5.74, 6) is -1.56. The average Bonchev–Trinajstić information content (AvgIpc) is 2.81. The molecule has 0 saturated carbocycles. The molecule has 1 aliphatic carbocycles. The number of hydrogen-bond acceptors (Lipinski definition) is 6. The second-order valence-corrected chi connectivity index (χ2v) is 8.30. The number of aryl methyl sites for hydroxylation is 1. The van der Waals surface area contributed by atoms with E-state index >= 15 is 0 Å². The molecule has 2 aromatic carbocycles. The third-order valence-corrected chi connectivity index (χ3v) is 5.69. The number of fused-ring (bicyclic) bond motifs is 1. The van der Waals surface area contributed by atoms with Crippen LogP contribution < -0.4 is 16.1 Å². The number of anilines is 1. The largest absolute Gasteiger partial charge is 0.478 e. The molecular formula is C27H24FN3O4. The van der Waals surface area contributed by atoms with Gasteiger partial charge in [0.05, 0.1) is 22.7 Å². The minimum atomic E-state index is -1.26. The smallest absolute Gasteiger partial charge is 0.337 e. The van der Waals surface area contributed by atoms with Gasteiger partial charge >= 0.3 is 5.97 Å². The van der Waals surface area contributed by atoms with Crippen LogP contribution in [0.2, 0.25) is 0 Å². The van der Waals surface area contributed by atoms with Crippen molar-refractivity contribution >= 4 is 33.9 Å². The monoisotopic (exact) mass is 473 g/mol. The van der Waals surface area contributed by atoms with Crippen molar-refractivity contribution in [1.82, 2.24) is 5.32 Å². The van der Waals surface area contributed by atoms with Crippen molar-refractivity contribution in [2.75, 3.05) is 12.4 Å². The van der Waals surface area contributed by atoms with Crippen molar-refractivity contribution < 1.29 is 18.7 Å². The molecule has 1 aromatic heterocycles. The van der Waals surface area contributed by atoms with Gasteiger partial charge in [-0.15, -0.1) is 0 Å². The molecule has 8 heteroatoms. The number of rotatable bonds is 6. The molecule has 4 rings (SSSR count). The minimum absolute atomic E-state index is 0.195. The maximum Gasteiger partial charge on any atom is 0.337 e.